The van der Waals surface area contributed by atoms with Crippen molar-refractivity contribution in [2.24, 2.45) is 0 Å². The summed E-state index contributed by atoms with van der Waals surface area (Å²) in [5, 5.41) is 6.20. The Kier molecular flexibility index (Phi) is 4.54. The molecule has 2 nitrogen and oxygen atoms in total. The van der Waals surface area contributed by atoms with Crippen LogP contribution in [-0.4, -0.2) is 9.78 Å². The number of rotatable bonds is 2. The van der Waals surface area contributed by atoms with Gasteiger partial charge >= 0.3 is 6.18 Å². The van der Waals surface area contributed by atoms with Crippen LogP contribution in [0.2, 0.25) is 0 Å². The van der Waals surface area contributed by atoms with Crippen LogP contribution >= 0.6 is 0 Å². The lowest BCUT2D eigenvalue weighted by atomic mass is 9.79. The normalized spacial score (nSPS) is 15.6. The highest BCUT2D eigenvalue weighted by Crippen LogP contribution is 2.42. The first-order chi connectivity index (χ1) is 16.0. The predicted octanol–water partition coefficient (Wildman–Crippen LogP) is 7.76. The van der Waals surface area contributed by atoms with Crippen LogP contribution in [0.3, 0.4) is 0 Å². The van der Waals surface area contributed by atoms with Crippen molar-refractivity contribution in [3.63, 3.8) is 0 Å². The SMILES string of the molecule is FC(F)(F)c1c(-c2ccc3ccc4c(c3c2)CCC2=C4C=CCC2)cnn1-c1ccccc1. The number of nitrogens with zero attached hydrogens (tertiary/aromatic N) is 2. The van der Waals surface area contributed by atoms with Gasteiger partial charge in [-0.15, -0.1) is 0 Å². The second-order valence-corrected chi connectivity index (χ2v) is 8.64. The summed E-state index contributed by atoms with van der Waals surface area (Å²) in [6.07, 6.45) is 5.30. The molecule has 2 aliphatic rings. The van der Waals surface area contributed by atoms with Crippen molar-refractivity contribution in [3.05, 3.63) is 101 Å². The van der Waals surface area contributed by atoms with Gasteiger partial charge in [0, 0.05) is 5.56 Å². The summed E-state index contributed by atoms with van der Waals surface area (Å²) in [7, 11) is 0. The second-order valence-electron chi connectivity index (χ2n) is 8.64. The molecule has 4 aromatic rings. The number of hydrogen-bond acceptors (Lipinski definition) is 1. The molecule has 0 unspecified atom stereocenters. The zero-order valence-corrected chi connectivity index (χ0v) is 17.9. The van der Waals surface area contributed by atoms with Gasteiger partial charge in [0.25, 0.3) is 0 Å². The molecule has 3 aromatic carbocycles. The zero-order chi connectivity index (χ0) is 22.6. The predicted molar refractivity (Wildman–Crippen MR) is 125 cm³/mol. The minimum atomic E-state index is -4.54. The molecule has 0 aliphatic heterocycles. The van der Waals surface area contributed by atoms with Gasteiger partial charge in [0.05, 0.1) is 11.9 Å². The minimum absolute atomic E-state index is 0.0964. The van der Waals surface area contributed by atoms with Gasteiger partial charge in [0.1, 0.15) is 0 Å². The zero-order valence-electron chi connectivity index (χ0n) is 17.9. The minimum Gasteiger partial charge on any atom is -0.228 e. The van der Waals surface area contributed by atoms with Gasteiger partial charge in [-0.1, -0.05) is 60.2 Å². The molecular formula is C28H21F3N2. The summed E-state index contributed by atoms with van der Waals surface area (Å²) in [6.45, 7) is 0. The van der Waals surface area contributed by atoms with Crippen LogP contribution in [0.5, 0.6) is 0 Å². The number of aromatic nitrogens is 2. The van der Waals surface area contributed by atoms with Gasteiger partial charge < -0.3 is 0 Å². The number of allylic oxidation sites excluding steroid dienone is 4. The Bertz CT molecular complexity index is 1440. The number of benzene rings is 3. The molecular weight excluding hydrogens is 421 g/mol. The van der Waals surface area contributed by atoms with E-state index in [1.54, 1.807) is 36.4 Å². The number of aryl methyl sites for hydroxylation is 1. The summed E-state index contributed by atoms with van der Waals surface area (Å²) < 4.78 is 43.6. The van der Waals surface area contributed by atoms with Crippen molar-refractivity contribution in [3.8, 4) is 16.8 Å². The smallest absolute Gasteiger partial charge is 0.228 e. The van der Waals surface area contributed by atoms with Crippen molar-refractivity contribution < 1.29 is 13.2 Å². The first-order valence-corrected chi connectivity index (χ1v) is 11.2. The van der Waals surface area contributed by atoms with Gasteiger partial charge in [-0.25, -0.2) is 4.68 Å². The standard InChI is InChI=1S/C28H21F3N2/c29-28(30,31)27-26(17-32-33(27)21-7-2-1-3-8-21)20-11-10-19-13-14-23-22-9-5-4-6-18(22)12-15-24(23)25(19)16-20/h1-3,5,7-11,13-14,16-17H,4,6,12,15H2. The number of alkyl halides is 3. The molecule has 0 saturated heterocycles. The largest absolute Gasteiger partial charge is 0.434 e. The van der Waals surface area contributed by atoms with Crippen LogP contribution in [0.4, 0.5) is 13.2 Å². The molecule has 6 rings (SSSR count). The van der Waals surface area contributed by atoms with Crippen molar-refractivity contribution in [2.75, 3.05) is 0 Å². The monoisotopic (exact) mass is 442 g/mol. The highest BCUT2D eigenvalue weighted by molar-refractivity contribution is 5.96. The summed E-state index contributed by atoms with van der Waals surface area (Å²) >= 11 is 0. The number of halogens is 3. The van der Waals surface area contributed by atoms with E-state index in [-0.39, 0.29) is 5.56 Å². The maximum atomic E-state index is 14.2. The Hall–Kier alpha value is -3.60. The first-order valence-electron chi connectivity index (χ1n) is 11.2. The van der Waals surface area contributed by atoms with E-state index in [1.165, 1.54) is 28.5 Å². The van der Waals surface area contributed by atoms with Crippen LogP contribution in [-0.2, 0) is 12.6 Å². The summed E-state index contributed by atoms with van der Waals surface area (Å²) in [5.74, 6) is 0. The molecule has 1 aromatic heterocycles. The molecule has 0 radical (unpaired) electrons. The number of para-hydroxylation sites is 1. The summed E-state index contributed by atoms with van der Waals surface area (Å²) in [6, 6.07) is 18.3. The van der Waals surface area contributed by atoms with Crippen LogP contribution < -0.4 is 0 Å². The van der Waals surface area contributed by atoms with E-state index in [4.69, 9.17) is 0 Å². The van der Waals surface area contributed by atoms with Crippen molar-refractivity contribution in [2.45, 2.75) is 31.9 Å². The van der Waals surface area contributed by atoms with E-state index in [0.29, 0.717) is 11.3 Å². The third-order valence-corrected chi connectivity index (χ3v) is 6.73. The molecule has 0 N–H and O–H groups in total. The Balaban J connectivity index is 1.54. The lowest BCUT2D eigenvalue weighted by Crippen LogP contribution is -2.14. The van der Waals surface area contributed by atoms with Crippen molar-refractivity contribution in [1.29, 1.82) is 0 Å². The van der Waals surface area contributed by atoms with E-state index in [1.807, 2.05) is 12.1 Å². The third kappa shape index (κ3) is 3.30. The van der Waals surface area contributed by atoms with E-state index >= 15 is 0 Å². The molecule has 0 amide bonds. The molecule has 2 aliphatic carbocycles. The van der Waals surface area contributed by atoms with Gasteiger partial charge in [-0.2, -0.15) is 18.3 Å². The van der Waals surface area contributed by atoms with E-state index in [9.17, 15) is 13.2 Å². The van der Waals surface area contributed by atoms with Gasteiger partial charge in [0.2, 0.25) is 0 Å². The Morgan fingerprint density at radius 3 is 2.48 bits per heavy atom. The van der Waals surface area contributed by atoms with E-state index < -0.39 is 11.9 Å². The first kappa shape index (κ1) is 20.0. The maximum Gasteiger partial charge on any atom is 0.434 e. The molecule has 33 heavy (non-hydrogen) atoms. The molecule has 0 spiro atoms. The molecule has 1 heterocycles. The quantitative estimate of drug-likeness (QED) is 0.310. The average molecular weight is 442 g/mol. The molecule has 0 bridgehead atoms. The lowest BCUT2D eigenvalue weighted by molar-refractivity contribution is -0.142. The van der Waals surface area contributed by atoms with Gasteiger partial charge in [-0.05, 0) is 76.9 Å². The van der Waals surface area contributed by atoms with E-state index in [2.05, 4.69) is 29.4 Å². The van der Waals surface area contributed by atoms with Crippen molar-refractivity contribution >= 4 is 16.3 Å². The summed E-state index contributed by atoms with van der Waals surface area (Å²) in [5.41, 5.74) is 5.49. The van der Waals surface area contributed by atoms with E-state index in [0.717, 1.165) is 41.1 Å². The van der Waals surface area contributed by atoms with Crippen LogP contribution in [0, 0.1) is 0 Å². The fourth-order valence-electron chi connectivity index (χ4n) is 5.20. The summed E-state index contributed by atoms with van der Waals surface area (Å²) in [4.78, 5) is 0. The third-order valence-electron chi connectivity index (χ3n) is 6.73. The Morgan fingerprint density at radius 1 is 0.848 bits per heavy atom. The fraction of sp³-hybridized carbons (Fsp3) is 0.179. The van der Waals surface area contributed by atoms with Crippen LogP contribution in [0.1, 0.15) is 36.1 Å². The topological polar surface area (TPSA) is 17.8 Å². The number of hydrogen-bond donors (Lipinski definition) is 0. The van der Waals surface area contributed by atoms with Crippen LogP contribution in [0.15, 0.2) is 84.6 Å². The highest BCUT2D eigenvalue weighted by Gasteiger charge is 2.39. The molecule has 0 saturated carbocycles. The van der Waals surface area contributed by atoms with Crippen molar-refractivity contribution in [1.82, 2.24) is 9.78 Å². The highest BCUT2D eigenvalue weighted by atomic mass is 19.4. The lowest BCUT2D eigenvalue weighted by Gasteiger charge is -2.25. The molecule has 164 valence electrons. The van der Waals surface area contributed by atoms with Gasteiger partial charge in [-0.3, -0.25) is 0 Å². The number of fused-ring (bicyclic) bond motifs is 4. The van der Waals surface area contributed by atoms with Crippen LogP contribution in [0.25, 0.3) is 33.2 Å². The molecule has 0 atom stereocenters. The Morgan fingerprint density at radius 2 is 1.67 bits per heavy atom. The maximum absolute atomic E-state index is 14.2. The van der Waals surface area contributed by atoms with Gasteiger partial charge in [0.15, 0.2) is 5.69 Å². The molecule has 0 fully saturated rings. The fourth-order valence-corrected chi connectivity index (χ4v) is 5.20. The second kappa shape index (κ2) is 7.48. The Labute approximate surface area is 189 Å². The molecule has 5 heteroatoms. The average Bonchev–Trinajstić information content (AvgIpc) is 3.30.